The van der Waals surface area contributed by atoms with Crippen molar-refractivity contribution in [2.24, 2.45) is 5.92 Å². The highest BCUT2D eigenvalue weighted by Gasteiger charge is 2.18. The van der Waals surface area contributed by atoms with E-state index in [1.54, 1.807) is 36.4 Å². The molecule has 3 aromatic carbocycles. The number of nitrogens with two attached hydrogens (primary N) is 1. The summed E-state index contributed by atoms with van der Waals surface area (Å²) in [6, 6.07) is 24.8. The molecule has 0 saturated carbocycles. The fourth-order valence-electron chi connectivity index (χ4n) is 3.87. The van der Waals surface area contributed by atoms with Crippen LogP contribution in [0.5, 0.6) is 0 Å². The van der Waals surface area contributed by atoms with Crippen LogP contribution >= 0.6 is 15.9 Å². The molecule has 1 unspecified atom stereocenters. The zero-order chi connectivity index (χ0) is 28.2. The molecular formula is C31H42BrN3O3. The normalized spacial score (nSPS) is 11.6. The Morgan fingerprint density at radius 2 is 1.45 bits per heavy atom. The first-order chi connectivity index (χ1) is 18.4. The molecule has 206 valence electrons. The van der Waals surface area contributed by atoms with E-state index in [1.165, 1.54) is 19.3 Å². The molecule has 38 heavy (non-hydrogen) atoms. The summed E-state index contributed by atoms with van der Waals surface area (Å²) in [6.45, 7) is 5.78. The summed E-state index contributed by atoms with van der Waals surface area (Å²) >= 11 is 2.94. The Kier molecular flexibility index (Phi) is 17.2. The van der Waals surface area contributed by atoms with E-state index in [-0.39, 0.29) is 5.78 Å². The van der Waals surface area contributed by atoms with Crippen molar-refractivity contribution in [2.75, 3.05) is 30.0 Å². The van der Waals surface area contributed by atoms with Gasteiger partial charge in [-0.15, -0.1) is 0 Å². The van der Waals surface area contributed by atoms with Gasteiger partial charge in [-0.3, -0.25) is 4.79 Å². The number of benzene rings is 3. The number of rotatable bonds is 13. The van der Waals surface area contributed by atoms with Crippen molar-refractivity contribution in [3.8, 4) is 0 Å². The van der Waals surface area contributed by atoms with Crippen molar-refractivity contribution >= 4 is 39.1 Å². The number of halogens is 1. The number of nitrogens with one attached hydrogen (secondary N) is 2. The van der Waals surface area contributed by atoms with Crippen molar-refractivity contribution in [2.45, 2.75) is 45.6 Å². The van der Waals surface area contributed by atoms with Crippen molar-refractivity contribution < 1.29 is 14.7 Å². The maximum Gasteiger partial charge on any atom is 0.330 e. The molecule has 0 amide bonds. The molecular weight excluding hydrogens is 542 g/mol. The molecule has 3 aromatic rings. The number of Topliss-reactive ketones (excluding diaryl/α,β-unsaturated/α-hetero) is 1. The van der Waals surface area contributed by atoms with Gasteiger partial charge >= 0.3 is 5.97 Å². The molecule has 0 fully saturated rings. The van der Waals surface area contributed by atoms with Crippen LogP contribution in [0.2, 0.25) is 0 Å². The quantitative estimate of drug-likeness (QED) is 0.0734. The third kappa shape index (κ3) is 12.9. The molecule has 3 rings (SSSR count). The maximum absolute atomic E-state index is 11.9. The number of ketones is 1. The van der Waals surface area contributed by atoms with Crippen LogP contribution in [0.1, 0.15) is 61.5 Å². The average molecular weight is 585 g/mol. The fourth-order valence-corrected chi connectivity index (χ4v) is 3.87. The lowest BCUT2D eigenvalue weighted by molar-refractivity contribution is -0.138. The van der Waals surface area contributed by atoms with E-state index < -0.39 is 12.0 Å². The monoisotopic (exact) mass is 583 g/mol. The number of aliphatic carboxylic acids is 1. The molecule has 0 bridgehead atoms. The molecule has 0 aliphatic heterocycles. The van der Waals surface area contributed by atoms with Gasteiger partial charge in [-0.2, -0.15) is 0 Å². The van der Waals surface area contributed by atoms with Crippen LogP contribution in [0.4, 0.5) is 11.4 Å². The van der Waals surface area contributed by atoms with Crippen LogP contribution in [-0.4, -0.2) is 35.8 Å². The summed E-state index contributed by atoms with van der Waals surface area (Å²) in [5, 5.41) is 15.5. The number of carbonyl (C=O) groups excluding carboxylic acids is 1. The van der Waals surface area contributed by atoms with Crippen molar-refractivity contribution in [1.29, 1.82) is 0 Å². The van der Waals surface area contributed by atoms with E-state index in [2.05, 4.69) is 40.4 Å². The van der Waals surface area contributed by atoms with E-state index in [9.17, 15) is 14.7 Å². The Morgan fingerprint density at radius 1 is 0.868 bits per heavy atom. The van der Waals surface area contributed by atoms with Gasteiger partial charge in [0.25, 0.3) is 0 Å². The number of carbonyl (C=O) groups is 2. The second-order valence-electron chi connectivity index (χ2n) is 8.77. The van der Waals surface area contributed by atoms with Crippen LogP contribution in [-0.2, 0) is 4.79 Å². The number of para-hydroxylation sites is 1. The summed E-state index contributed by atoms with van der Waals surface area (Å²) in [5.74, 6) is 1.83. The van der Waals surface area contributed by atoms with E-state index >= 15 is 0 Å². The molecule has 2 atom stereocenters. The van der Waals surface area contributed by atoms with Crippen LogP contribution in [0, 0.1) is 5.92 Å². The van der Waals surface area contributed by atoms with Gasteiger partial charge in [0.1, 0.15) is 0 Å². The van der Waals surface area contributed by atoms with Gasteiger partial charge in [0.15, 0.2) is 11.8 Å². The van der Waals surface area contributed by atoms with E-state index in [0.717, 1.165) is 35.7 Å². The van der Waals surface area contributed by atoms with Crippen molar-refractivity contribution in [3.63, 3.8) is 0 Å². The molecule has 5 N–H and O–H groups in total. The van der Waals surface area contributed by atoms with Gasteiger partial charge in [0, 0.05) is 16.9 Å². The number of hydrogen-bond acceptors (Lipinski definition) is 5. The molecule has 0 aromatic heterocycles. The molecule has 7 heteroatoms. The van der Waals surface area contributed by atoms with Crippen molar-refractivity contribution in [3.05, 3.63) is 96.1 Å². The number of hydrogen-bond donors (Lipinski definition) is 4. The van der Waals surface area contributed by atoms with Gasteiger partial charge in [0.05, 0.1) is 6.54 Å². The lowest BCUT2D eigenvalue weighted by Crippen LogP contribution is -2.25. The second kappa shape index (κ2) is 19.9. The smallest absolute Gasteiger partial charge is 0.330 e. The zero-order valence-corrected chi connectivity index (χ0v) is 24.3. The predicted molar refractivity (Wildman–Crippen MR) is 163 cm³/mol. The number of carboxylic acids is 1. The summed E-state index contributed by atoms with van der Waals surface area (Å²) in [4.78, 5) is 23.1. The fraction of sp³-hybridized carbons (Fsp3) is 0.355. The largest absolute Gasteiger partial charge is 0.479 e. The minimum Gasteiger partial charge on any atom is -0.479 e. The summed E-state index contributed by atoms with van der Waals surface area (Å²) in [7, 11) is 0. The second-order valence-corrected chi connectivity index (χ2v) is 8.77. The highest BCUT2D eigenvalue weighted by molar-refractivity contribution is 9.08. The zero-order valence-electron chi connectivity index (χ0n) is 22.7. The van der Waals surface area contributed by atoms with E-state index in [1.807, 2.05) is 54.4 Å². The SMILES string of the molecule is CBr.CCCC(CC)CCNCC(=O)c1ccc(N)cc1.O=C(O)[C@H](Nc1ccccc1)c1ccccc1. The summed E-state index contributed by atoms with van der Waals surface area (Å²) in [5.41, 5.74) is 8.55. The van der Waals surface area contributed by atoms with Crippen LogP contribution in [0.25, 0.3) is 0 Å². The molecule has 0 radical (unpaired) electrons. The van der Waals surface area contributed by atoms with Crippen LogP contribution < -0.4 is 16.4 Å². The van der Waals surface area contributed by atoms with Crippen molar-refractivity contribution in [1.82, 2.24) is 5.32 Å². The third-order valence-electron chi connectivity index (χ3n) is 5.99. The third-order valence-corrected chi connectivity index (χ3v) is 5.99. The van der Waals surface area contributed by atoms with Gasteiger partial charge in [-0.1, -0.05) is 97.6 Å². The average Bonchev–Trinajstić information content (AvgIpc) is 2.96. The molecule has 0 aliphatic carbocycles. The lowest BCUT2D eigenvalue weighted by atomic mass is 9.97. The first-order valence-electron chi connectivity index (χ1n) is 13.0. The lowest BCUT2D eigenvalue weighted by Gasteiger charge is -2.15. The molecule has 0 heterocycles. The summed E-state index contributed by atoms with van der Waals surface area (Å²) in [6.07, 6.45) is 4.90. The minimum atomic E-state index is -0.889. The first-order valence-corrected chi connectivity index (χ1v) is 14.6. The molecule has 6 nitrogen and oxygen atoms in total. The molecule has 0 aliphatic rings. The van der Waals surface area contributed by atoms with Gasteiger partial charge in [-0.05, 0) is 66.7 Å². The standard InChI is InChI=1S/C16H26N2O.C14H13NO2.CH3Br/c1-3-5-13(4-2)10-11-18-12-16(19)14-6-8-15(17)9-7-14;16-14(17)13(11-7-3-1-4-8-11)15-12-9-5-2-6-10-12;1-2/h6-9,13,18H,3-5,10-12,17H2,1-2H3;1-10,13,15H,(H,16,17);1H3/t;13-;/m.1./s1. The Morgan fingerprint density at radius 3 is 1.97 bits per heavy atom. The van der Waals surface area contributed by atoms with Gasteiger partial charge in [-0.25, -0.2) is 4.79 Å². The first kappa shape index (κ1) is 32.9. The number of alkyl halides is 1. The number of carboxylic acid groups (broad SMARTS) is 1. The topological polar surface area (TPSA) is 104 Å². The van der Waals surface area contributed by atoms with Crippen LogP contribution in [0.15, 0.2) is 84.9 Å². The van der Waals surface area contributed by atoms with Gasteiger partial charge < -0.3 is 21.5 Å². The van der Waals surface area contributed by atoms with Crippen LogP contribution in [0.3, 0.4) is 0 Å². The summed E-state index contributed by atoms with van der Waals surface area (Å²) < 4.78 is 0. The number of anilines is 2. The maximum atomic E-state index is 11.9. The Hall–Kier alpha value is -3.16. The molecule has 0 saturated heterocycles. The van der Waals surface area contributed by atoms with E-state index in [0.29, 0.717) is 12.2 Å². The minimum absolute atomic E-state index is 0.128. The molecule has 0 spiro atoms. The Labute approximate surface area is 236 Å². The highest BCUT2D eigenvalue weighted by Crippen LogP contribution is 2.19. The Balaban J connectivity index is 0.000000358. The Bertz CT molecular complexity index is 1030. The highest BCUT2D eigenvalue weighted by atomic mass is 79.9. The number of nitrogen functional groups attached to an aromatic ring is 1. The van der Waals surface area contributed by atoms with Gasteiger partial charge in [0.2, 0.25) is 0 Å². The predicted octanol–water partition coefficient (Wildman–Crippen LogP) is 7.19. The van der Waals surface area contributed by atoms with E-state index in [4.69, 9.17) is 5.73 Å².